The fourth-order valence-electron chi connectivity index (χ4n) is 6.75. The van der Waals surface area contributed by atoms with Gasteiger partial charge in [0.15, 0.2) is 11.4 Å². The Hall–Kier alpha value is -3.41. The number of amides is 1. The highest BCUT2D eigenvalue weighted by Crippen LogP contribution is 2.53. The molecule has 0 radical (unpaired) electrons. The number of benzene rings is 1. The molecule has 0 aromatic heterocycles. The van der Waals surface area contributed by atoms with Crippen molar-refractivity contribution in [3.05, 3.63) is 40.2 Å². The van der Waals surface area contributed by atoms with Crippen molar-refractivity contribution in [2.75, 3.05) is 39.5 Å². The van der Waals surface area contributed by atoms with Gasteiger partial charge in [-0.25, -0.2) is 0 Å². The highest BCUT2D eigenvalue weighted by molar-refractivity contribution is 6.24. The molecule has 4 atom stereocenters. The van der Waals surface area contributed by atoms with Crippen LogP contribution >= 0.6 is 0 Å². The second-order valence-corrected chi connectivity index (χ2v) is 11.2. The van der Waals surface area contributed by atoms with Gasteiger partial charge in [-0.2, -0.15) is 0 Å². The number of aliphatic hydroxyl groups is 3. The number of fused-ring (bicyclic) bond motifs is 3. The number of nitrogens with zero attached hydrogens (tertiary/aromatic N) is 2. The van der Waals surface area contributed by atoms with Crippen LogP contribution in [0.3, 0.4) is 0 Å². The third-order valence-electron chi connectivity index (χ3n) is 8.68. The number of anilines is 1. The molecular formula is C28H38N4O7. The van der Waals surface area contributed by atoms with Crippen LogP contribution in [0.2, 0.25) is 0 Å². The van der Waals surface area contributed by atoms with Crippen molar-refractivity contribution in [1.82, 2.24) is 9.80 Å². The van der Waals surface area contributed by atoms with E-state index in [0.29, 0.717) is 5.56 Å². The molecule has 1 heterocycles. The lowest BCUT2D eigenvalue weighted by molar-refractivity contribution is -0.153. The molecule has 3 aliphatic carbocycles. The number of aromatic hydroxyl groups is 1. The van der Waals surface area contributed by atoms with E-state index in [-0.39, 0.29) is 43.2 Å². The molecule has 1 saturated heterocycles. The largest absolute Gasteiger partial charge is 0.508 e. The van der Waals surface area contributed by atoms with Crippen LogP contribution in [0.15, 0.2) is 29.0 Å². The number of piperidine rings is 1. The van der Waals surface area contributed by atoms with E-state index in [1.807, 2.05) is 0 Å². The third-order valence-corrected chi connectivity index (χ3v) is 8.68. The molecule has 1 saturated carbocycles. The Balaban J connectivity index is 0.00000353. The van der Waals surface area contributed by atoms with Gasteiger partial charge < -0.3 is 36.4 Å². The molecule has 0 bridgehead atoms. The first-order valence-corrected chi connectivity index (χ1v) is 12.8. The lowest BCUT2D eigenvalue weighted by Crippen LogP contribution is -2.65. The van der Waals surface area contributed by atoms with Gasteiger partial charge in [-0.05, 0) is 83.5 Å². The van der Waals surface area contributed by atoms with Crippen LogP contribution in [-0.4, -0.2) is 99.6 Å². The van der Waals surface area contributed by atoms with E-state index >= 15 is 0 Å². The molecule has 0 spiro atoms. The van der Waals surface area contributed by atoms with Crippen molar-refractivity contribution < 1.29 is 34.8 Å². The Morgan fingerprint density at radius 1 is 1.15 bits per heavy atom. The van der Waals surface area contributed by atoms with Gasteiger partial charge in [0, 0.05) is 23.2 Å². The smallest absolute Gasteiger partial charge is 0.255 e. The first-order valence-electron chi connectivity index (χ1n) is 12.8. The van der Waals surface area contributed by atoms with Crippen LogP contribution in [-0.2, 0) is 20.8 Å². The van der Waals surface area contributed by atoms with Crippen LogP contribution in [0.4, 0.5) is 5.69 Å². The second kappa shape index (κ2) is 9.96. The first-order chi connectivity index (χ1) is 17.9. The Morgan fingerprint density at radius 3 is 2.38 bits per heavy atom. The highest BCUT2D eigenvalue weighted by atomic mass is 16.3. The normalized spacial score (nSPS) is 29.5. The van der Waals surface area contributed by atoms with Gasteiger partial charge >= 0.3 is 0 Å². The first kappa shape index (κ1) is 28.6. The number of phenols is 1. The van der Waals surface area contributed by atoms with E-state index in [9.17, 15) is 34.8 Å². The summed E-state index contributed by atoms with van der Waals surface area (Å²) in [6.45, 7) is 1.88. The maximum atomic E-state index is 13.9. The molecule has 212 valence electrons. The lowest BCUT2D eigenvalue weighted by Gasteiger charge is -2.50. The quantitative estimate of drug-likeness (QED) is 0.239. The Labute approximate surface area is 227 Å². The van der Waals surface area contributed by atoms with Crippen molar-refractivity contribution in [1.29, 1.82) is 0 Å². The number of nitrogens with one attached hydrogen (secondary N) is 1. The lowest BCUT2D eigenvalue weighted by atomic mass is 9.57. The minimum absolute atomic E-state index is 0. The number of phenolic OH excluding ortho intramolecular Hbond substituents is 1. The number of carbonyl (C=O) groups is 3. The Kier molecular flexibility index (Phi) is 7.30. The van der Waals surface area contributed by atoms with Crippen molar-refractivity contribution in [3.63, 3.8) is 0 Å². The molecule has 5 rings (SSSR count). The fourth-order valence-corrected chi connectivity index (χ4v) is 6.75. The van der Waals surface area contributed by atoms with Gasteiger partial charge in [0.25, 0.3) is 5.91 Å². The fraction of sp³-hybridized carbons (Fsp3) is 0.536. The predicted octanol–water partition coefficient (Wildman–Crippen LogP) is 1.11. The molecule has 11 heteroatoms. The molecule has 11 nitrogen and oxygen atoms in total. The summed E-state index contributed by atoms with van der Waals surface area (Å²) < 4.78 is 0. The van der Waals surface area contributed by atoms with E-state index in [2.05, 4.69) is 17.3 Å². The van der Waals surface area contributed by atoms with Gasteiger partial charge in [0.2, 0.25) is 5.78 Å². The monoisotopic (exact) mass is 542 g/mol. The summed E-state index contributed by atoms with van der Waals surface area (Å²) in [5.74, 6) is -6.51. The number of aliphatic hydroxyl groups excluding tert-OH is 2. The van der Waals surface area contributed by atoms with Crippen LogP contribution in [0.25, 0.3) is 5.76 Å². The molecular weight excluding hydrogens is 504 g/mol. The number of nitrogens with two attached hydrogens (primary N) is 1. The highest BCUT2D eigenvalue weighted by Gasteiger charge is 2.64. The van der Waals surface area contributed by atoms with Gasteiger partial charge in [-0.3, -0.25) is 19.3 Å². The molecule has 39 heavy (non-hydrogen) atoms. The summed E-state index contributed by atoms with van der Waals surface area (Å²) in [6, 6.07) is 2.30. The molecule has 1 aromatic rings. The maximum absolute atomic E-state index is 13.9. The van der Waals surface area contributed by atoms with Crippen molar-refractivity contribution in [2.24, 2.45) is 17.6 Å². The second-order valence-electron chi connectivity index (χ2n) is 11.2. The number of likely N-dealkylation sites (tertiary alicyclic amines) is 1. The summed E-state index contributed by atoms with van der Waals surface area (Å²) in [5, 5.41) is 48.2. The van der Waals surface area contributed by atoms with E-state index in [4.69, 9.17) is 5.73 Å². The Morgan fingerprint density at radius 2 is 1.79 bits per heavy atom. The zero-order valence-electron chi connectivity index (χ0n) is 21.7. The zero-order valence-corrected chi connectivity index (χ0v) is 21.7. The summed E-state index contributed by atoms with van der Waals surface area (Å²) in [7, 11) is 5.23. The summed E-state index contributed by atoms with van der Waals surface area (Å²) in [4.78, 5) is 42.9. The minimum Gasteiger partial charge on any atom is -0.508 e. The number of rotatable bonds is 4. The molecule has 1 amide bonds. The molecule has 0 unspecified atom stereocenters. The van der Waals surface area contributed by atoms with Crippen LogP contribution < -0.4 is 11.1 Å². The number of primary amides is 1. The van der Waals surface area contributed by atoms with Crippen LogP contribution in [0.5, 0.6) is 5.75 Å². The van der Waals surface area contributed by atoms with Crippen LogP contribution in [0.1, 0.15) is 37.8 Å². The number of ketones is 2. The van der Waals surface area contributed by atoms with Crippen molar-refractivity contribution >= 4 is 28.9 Å². The standard InChI is InChI=1S/C27H34N4O7.CH4/c1-30(2)21-15-11-12-10-14-16(29-13-6-8-31(3)9-7-13)4-5-17(32)19(14)22(33)18(12)24(35)27(15,38)25(36)20(23(21)34)26(28)37;/h4-5,12-13,15,21,29,32-33,36,38H,6-11H2,1-3H3,(H2,28,37);1H4/t12-,15-,21-,27-;/m0./s1. The van der Waals surface area contributed by atoms with E-state index in [1.54, 1.807) is 20.2 Å². The van der Waals surface area contributed by atoms with Gasteiger partial charge in [-0.15, -0.1) is 0 Å². The Bertz CT molecular complexity index is 1290. The number of hydrogen-bond acceptors (Lipinski definition) is 10. The maximum Gasteiger partial charge on any atom is 0.255 e. The zero-order chi connectivity index (χ0) is 27.7. The average molecular weight is 543 g/mol. The number of carbonyl (C=O) groups excluding carboxylic acids is 3. The minimum atomic E-state index is -2.63. The molecule has 1 aromatic carbocycles. The van der Waals surface area contributed by atoms with E-state index < -0.39 is 58.0 Å². The third kappa shape index (κ3) is 4.19. The number of hydrogen-bond donors (Lipinski definition) is 6. The molecule has 1 aliphatic heterocycles. The molecule has 2 fully saturated rings. The van der Waals surface area contributed by atoms with Crippen molar-refractivity contribution in [2.45, 2.75) is 50.8 Å². The number of likely N-dealkylation sites (N-methyl/N-ethyl adjacent to an activating group) is 1. The van der Waals surface area contributed by atoms with E-state index in [0.717, 1.165) is 31.6 Å². The topological polar surface area (TPSA) is 177 Å². The predicted molar refractivity (Wildman–Crippen MR) is 145 cm³/mol. The SMILES string of the molecule is C.CN1CCC(Nc2ccc(O)c3c2C[C@H]2C[C@H]4[C@H](N(C)C)C(=O)C(C(N)=O)=C(O)[C@@]4(O)C(=O)C2=C3O)CC1. The van der Waals surface area contributed by atoms with Gasteiger partial charge in [0.05, 0.1) is 11.6 Å². The summed E-state index contributed by atoms with van der Waals surface area (Å²) in [5.41, 5.74) is 3.24. The van der Waals surface area contributed by atoms with Gasteiger partial charge in [-0.1, -0.05) is 7.43 Å². The molecule has 7 N–H and O–H groups in total. The summed E-state index contributed by atoms with van der Waals surface area (Å²) >= 11 is 0. The molecule has 4 aliphatic rings. The van der Waals surface area contributed by atoms with Crippen LogP contribution in [0, 0.1) is 11.8 Å². The number of Topliss-reactive ketones (excluding diaryl/α,β-unsaturated/α-hetero) is 2. The van der Waals surface area contributed by atoms with Crippen molar-refractivity contribution in [3.8, 4) is 5.75 Å². The summed E-state index contributed by atoms with van der Waals surface area (Å²) in [6.07, 6.45) is 2.18. The van der Waals surface area contributed by atoms with E-state index in [1.165, 1.54) is 11.0 Å². The van der Waals surface area contributed by atoms with Gasteiger partial charge in [0.1, 0.15) is 22.8 Å². The average Bonchev–Trinajstić information content (AvgIpc) is 2.84.